The van der Waals surface area contributed by atoms with Crippen molar-refractivity contribution >= 4 is 5.91 Å². The first-order chi connectivity index (χ1) is 6.32. The van der Waals surface area contributed by atoms with E-state index in [-0.39, 0.29) is 11.3 Å². The maximum Gasteiger partial charge on any atom is 0.253 e. The second-order valence-corrected chi connectivity index (χ2v) is 3.86. The molecule has 3 rings (SSSR count). The fraction of sp³-hybridized carbons (Fsp3) is 0.400. The summed E-state index contributed by atoms with van der Waals surface area (Å²) in [7, 11) is 0. The van der Waals surface area contributed by atoms with Crippen LogP contribution in [0.25, 0.3) is 0 Å². The quantitative estimate of drug-likeness (QED) is 0.633. The fourth-order valence-electron chi connectivity index (χ4n) is 2.00. The number of amides is 1. The van der Waals surface area contributed by atoms with Crippen LogP contribution in [0.4, 0.5) is 0 Å². The number of pyridine rings is 1. The zero-order valence-electron chi connectivity index (χ0n) is 7.21. The number of nitrogens with one attached hydrogen (secondary N) is 1. The van der Waals surface area contributed by atoms with E-state index in [1.54, 1.807) is 6.20 Å². The molecule has 13 heavy (non-hydrogen) atoms. The largest absolute Gasteiger partial charge is 0.351 e. The Morgan fingerprint density at radius 3 is 3.08 bits per heavy atom. The Labute approximate surface area is 76.2 Å². The van der Waals surface area contributed by atoms with E-state index < -0.39 is 0 Å². The van der Waals surface area contributed by atoms with Crippen molar-refractivity contribution in [2.24, 2.45) is 0 Å². The van der Waals surface area contributed by atoms with E-state index in [0.29, 0.717) is 0 Å². The summed E-state index contributed by atoms with van der Waals surface area (Å²) in [5.41, 5.74) is 1.98. The highest BCUT2D eigenvalue weighted by Crippen LogP contribution is 2.49. The molecular weight excluding hydrogens is 164 g/mol. The average Bonchev–Trinajstić information content (AvgIpc) is 2.94. The summed E-state index contributed by atoms with van der Waals surface area (Å²) in [6, 6.07) is 3.68. The van der Waals surface area contributed by atoms with Gasteiger partial charge in [-0.2, -0.15) is 0 Å². The lowest BCUT2D eigenvalue weighted by Gasteiger charge is -2.23. The number of rotatable bonds is 0. The molecule has 0 bridgehead atoms. The molecule has 0 atom stereocenters. The highest BCUT2D eigenvalue weighted by atomic mass is 16.1. The zero-order chi connectivity index (χ0) is 8.89. The highest BCUT2D eigenvalue weighted by Gasteiger charge is 2.50. The number of hydrogen-bond acceptors (Lipinski definition) is 2. The van der Waals surface area contributed by atoms with Crippen LogP contribution in [0.5, 0.6) is 0 Å². The molecule has 2 heterocycles. The van der Waals surface area contributed by atoms with E-state index in [1.165, 1.54) is 0 Å². The summed E-state index contributed by atoms with van der Waals surface area (Å²) < 4.78 is 0. The molecule has 2 aliphatic rings. The summed E-state index contributed by atoms with van der Waals surface area (Å²) in [4.78, 5) is 15.8. The summed E-state index contributed by atoms with van der Waals surface area (Å²) in [5, 5.41) is 2.91. The van der Waals surface area contributed by atoms with Gasteiger partial charge in [0.2, 0.25) is 0 Å². The van der Waals surface area contributed by atoms with Crippen molar-refractivity contribution in [2.75, 3.05) is 6.54 Å². The molecule has 1 aromatic rings. The molecule has 1 fully saturated rings. The molecule has 1 spiro atoms. The summed E-state index contributed by atoms with van der Waals surface area (Å²) in [6.45, 7) is 0.774. The van der Waals surface area contributed by atoms with Gasteiger partial charge in [-0.25, -0.2) is 0 Å². The van der Waals surface area contributed by atoms with Crippen LogP contribution in [0.2, 0.25) is 0 Å². The molecule has 3 heteroatoms. The Balaban J connectivity index is 2.22. The van der Waals surface area contributed by atoms with Gasteiger partial charge in [0.25, 0.3) is 5.91 Å². The van der Waals surface area contributed by atoms with Crippen molar-refractivity contribution in [1.29, 1.82) is 0 Å². The molecule has 0 aromatic carbocycles. The Hall–Kier alpha value is -1.38. The van der Waals surface area contributed by atoms with E-state index >= 15 is 0 Å². The van der Waals surface area contributed by atoms with Crippen LogP contribution in [0, 0.1) is 0 Å². The Bertz CT molecular complexity index is 382. The van der Waals surface area contributed by atoms with Crippen LogP contribution in [0.1, 0.15) is 28.9 Å². The van der Waals surface area contributed by atoms with Gasteiger partial charge in [0.15, 0.2) is 0 Å². The summed E-state index contributed by atoms with van der Waals surface area (Å²) >= 11 is 0. The van der Waals surface area contributed by atoms with Gasteiger partial charge in [0.05, 0.1) is 11.3 Å². The molecule has 0 unspecified atom stereocenters. The SMILES string of the molecule is O=C1NCC2(CC2)c2ncccc21. The van der Waals surface area contributed by atoms with Gasteiger partial charge in [-0.3, -0.25) is 9.78 Å². The highest BCUT2D eigenvalue weighted by molar-refractivity contribution is 5.97. The zero-order valence-corrected chi connectivity index (χ0v) is 7.21. The first-order valence-electron chi connectivity index (χ1n) is 4.56. The van der Waals surface area contributed by atoms with Crippen molar-refractivity contribution < 1.29 is 4.79 Å². The summed E-state index contributed by atoms with van der Waals surface area (Å²) in [5.74, 6) is 0.0284. The molecule has 1 saturated carbocycles. The van der Waals surface area contributed by atoms with E-state index in [1.807, 2.05) is 12.1 Å². The smallest absolute Gasteiger partial charge is 0.253 e. The van der Waals surface area contributed by atoms with Gasteiger partial charge in [0, 0.05) is 18.2 Å². The monoisotopic (exact) mass is 174 g/mol. The van der Waals surface area contributed by atoms with E-state index in [0.717, 1.165) is 30.6 Å². The van der Waals surface area contributed by atoms with E-state index in [2.05, 4.69) is 10.3 Å². The standard InChI is InChI=1S/C10H10N2O/c13-9-7-2-1-5-11-8(7)10(3-4-10)6-12-9/h1-2,5H,3-4,6H2,(H,12,13). The lowest BCUT2D eigenvalue weighted by atomic mass is 9.93. The van der Waals surface area contributed by atoms with Crippen LogP contribution in [-0.2, 0) is 5.41 Å². The van der Waals surface area contributed by atoms with E-state index in [4.69, 9.17) is 0 Å². The van der Waals surface area contributed by atoms with E-state index in [9.17, 15) is 4.79 Å². The molecule has 1 aliphatic carbocycles. The van der Waals surface area contributed by atoms with Crippen molar-refractivity contribution in [3.8, 4) is 0 Å². The minimum absolute atomic E-state index is 0.0284. The van der Waals surface area contributed by atoms with Gasteiger partial charge in [-0.15, -0.1) is 0 Å². The summed E-state index contributed by atoms with van der Waals surface area (Å²) in [6.07, 6.45) is 4.10. The van der Waals surface area contributed by atoms with Crippen LogP contribution >= 0.6 is 0 Å². The minimum atomic E-state index is 0.0284. The van der Waals surface area contributed by atoms with Crippen molar-refractivity contribution in [1.82, 2.24) is 10.3 Å². The third-order valence-electron chi connectivity index (χ3n) is 3.00. The number of hydrogen-bond donors (Lipinski definition) is 1. The maximum atomic E-state index is 11.4. The number of carbonyl (C=O) groups is 1. The third-order valence-corrected chi connectivity index (χ3v) is 3.00. The molecule has 0 saturated heterocycles. The van der Waals surface area contributed by atoms with Gasteiger partial charge in [-0.1, -0.05) is 0 Å². The lowest BCUT2D eigenvalue weighted by Crippen LogP contribution is -2.39. The van der Waals surface area contributed by atoms with Gasteiger partial charge in [0.1, 0.15) is 0 Å². The Kier molecular flexibility index (Phi) is 1.14. The van der Waals surface area contributed by atoms with Crippen LogP contribution in [0.15, 0.2) is 18.3 Å². The molecule has 0 radical (unpaired) electrons. The van der Waals surface area contributed by atoms with Crippen molar-refractivity contribution in [3.05, 3.63) is 29.6 Å². The van der Waals surface area contributed by atoms with Gasteiger partial charge >= 0.3 is 0 Å². The Morgan fingerprint density at radius 1 is 1.46 bits per heavy atom. The second kappa shape index (κ2) is 2.10. The van der Waals surface area contributed by atoms with Crippen molar-refractivity contribution in [2.45, 2.75) is 18.3 Å². The van der Waals surface area contributed by atoms with Crippen LogP contribution in [0.3, 0.4) is 0 Å². The molecule has 1 N–H and O–H groups in total. The molecule has 1 amide bonds. The molecule has 66 valence electrons. The molecule has 3 nitrogen and oxygen atoms in total. The number of carbonyl (C=O) groups excluding carboxylic acids is 1. The molecular formula is C10H10N2O. The first-order valence-corrected chi connectivity index (χ1v) is 4.56. The normalized spacial score (nSPS) is 22.3. The fourth-order valence-corrected chi connectivity index (χ4v) is 2.00. The lowest BCUT2D eigenvalue weighted by molar-refractivity contribution is 0.0936. The maximum absolute atomic E-state index is 11.4. The first kappa shape index (κ1) is 7.06. The minimum Gasteiger partial charge on any atom is -0.351 e. The number of aromatic nitrogens is 1. The molecule has 1 aliphatic heterocycles. The topological polar surface area (TPSA) is 42.0 Å². The molecule has 1 aromatic heterocycles. The Morgan fingerprint density at radius 2 is 2.31 bits per heavy atom. The predicted octanol–water partition coefficient (Wildman–Crippen LogP) is 0.857. The average molecular weight is 174 g/mol. The van der Waals surface area contributed by atoms with Crippen LogP contribution in [-0.4, -0.2) is 17.4 Å². The van der Waals surface area contributed by atoms with Gasteiger partial charge < -0.3 is 5.32 Å². The third kappa shape index (κ3) is 0.842. The van der Waals surface area contributed by atoms with Gasteiger partial charge in [-0.05, 0) is 25.0 Å². The van der Waals surface area contributed by atoms with Crippen LogP contribution < -0.4 is 5.32 Å². The predicted molar refractivity (Wildman–Crippen MR) is 47.5 cm³/mol. The van der Waals surface area contributed by atoms with Crippen molar-refractivity contribution in [3.63, 3.8) is 0 Å². The second-order valence-electron chi connectivity index (χ2n) is 3.86. The number of nitrogens with zero attached hydrogens (tertiary/aromatic N) is 1. The number of fused-ring (bicyclic) bond motifs is 2.